The summed E-state index contributed by atoms with van der Waals surface area (Å²) in [7, 11) is 0. The van der Waals surface area contributed by atoms with Crippen LogP contribution in [-0.4, -0.2) is 28.0 Å². The zero-order valence-corrected chi connectivity index (χ0v) is 10.7. The van der Waals surface area contributed by atoms with Crippen molar-refractivity contribution < 1.29 is 14.7 Å². The Morgan fingerprint density at radius 2 is 2.00 bits per heavy atom. The fraction of sp³-hybridized carbons (Fsp3) is 0.500. The average molecular weight is 262 g/mol. The summed E-state index contributed by atoms with van der Waals surface area (Å²) in [4.78, 5) is 27.2. The molecule has 0 unspecified atom stereocenters. The number of carboxylic acid groups (broad SMARTS) is 1. The van der Waals surface area contributed by atoms with Gasteiger partial charge in [-0.15, -0.1) is 0 Å². The molecule has 2 N–H and O–H groups in total. The van der Waals surface area contributed by atoms with Crippen LogP contribution in [0.2, 0.25) is 0 Å². The number of carbonyl (C=O) groups excluding carboxylic acids is 1. The van der Waals surface area contributed by atoms with E-state index in [0.717, 1.165) is 32.1 Å². The molecular weight excluding hydrogens is 244 g/mol. The summed E-state index contributed by atoms with van der Waals surface area (Å²) in [5.41, 5.74) is 0.254. The Bertz CT molecular complexity index is 441. The van der Waals surface area contributed by atoms with Crippen LogP contribution in [-0.2, 0) is 4.79 Å². The van der Waals surface area contributed by atoms with Gasteiger partial charge in [-0.25, -0.2) is 4.79 Å². The van der Waals surface area contributed by atoms with Gasteiger partial charge in [0.2, 0.25) is 0 Å². The molecule has 0 radical (unpaired) electrons. The summed E-state index contributed by atoms with van der Waals surface area (Å²) in [6, 6.07) is 4.19. The maximum atomic E-state index is 12.0. The molecule has 5 heteroatoms. The molecule has 1 atom stereocenters. The van der Waals surface area contributed by atoms with Crippen LogP contribution in [0.5, 0.6) is 0 Å². The van der Waals surface area contributed by atoms with Gasteiger partial charge < -0.3 is 10.4 Å². The number of aromatic nitrogens is 1. The molecule has 0 saturated heterocycles. The first-order valence-electron chi connectivity index (χ1n) is 6.63. The number of carboxylic acids is 1. The number of pyridine rings is 1. The molecule has 19 heavy (non-hydrogen) atoms. The van der Waals surface area contributed by atoms with E-state index in [2.05, 4.69) is 10.3 Å². The lowest BCUT2D eigenvalue weighted by Crippen LogP contribution is -2.46. The van der Waals surface area contributed by atoms with Crippen molar-refractivity contribution in [1.82, 2.24) is 10.3 Å². The Morgan fingerprint density at radius 3 is 2.58 bits per heavy atom. The lowest BCUT2D eigenvalue weighted by Gasteiger charge is -2.27. The number of aliphatic carboxylic acids is 1. The topological polar surface area (TPSA) is 79.3 Å². The smallest absolute Gasteiger partial charge is 0.326 e. The van der Waals surface area contributed by atoms with Gasteiger partial charge in [-0.3, -0.25) is 9.78 Å². The van der Waals surface area contributed by atoms with E-state index in [1.807, 2.05) is 0 Å². The predicted molar refractivity (Wildman–Crippen MR) is 69.7 cm³/mol. The van der Waals surface area contributed by atoms with E-state index in [4.69, 9.17) is 0 Å². The maximum Gasteiger partial charge on any atom is 0.326 e. The van der Waals surface area contributed by atoms with E-state index in [1.54, 1.807) is 18.2 Å². The molecule has 1 aliphatic carbocycles. The molecule has 1 aromatic heterocycles. The molecule has 1 heterocycles. The molecule has 1 aliphatic rings. The summed E-state index contributed by atoms with van der Waals surface area (Å²) in [6.07, 6.45) is 6.46. The number of rotatable bonds is 4. The van der Waals surface area contributed by atoms with Gasteiger partial charge in [-0.2, -0.15) is 0 Å². The second-order valence-corrected chi connectivity index (χ2v) is 4.90. The van der Waals surface area contributed by atoms with E-state index in [9.17, 15) is 14.7 Å². The number of nitrogens with one attached hydrogen (secondary N) is 1. The Labute approximate surface area is 112 Å². The molecule has 0 aliphatic heterocycles. The monoisotopic (exact) mass is 262 g/mol. The molecule has 1 saturated carbocycles. The van der Waals surface area contributed by atoms with Gasteiger partial charge in [0.1, 0.15) is 11.7 Å². The van der Waals surface area contributed by atoms with Crippen LogP contribution >= 0.6 is 0 Å². The van der Waals surface area contributed by atoms with Crippen molar-refractivity contribution in [1.29, 1.82) is 0 Å². The van der Waals surface area contributed by atoms with Crippen molar-refractivity contribution in [3.05, 3.63) is 30.1 Å². The van der Waals surface area contributed by atoms with Gasteiger partial charge in [0.25, 0.3) is 5.91 Å². The highest BCUT2D eigenvalue weighted by molar-refractivity contribution is 5.94. The molecule has 0 spiro atoms. The summed E-state index contributed by atoms with van der Waals surface area (Å²) >= 11 is 0. The van der Waals surface area contributed by atoms with Crippen LogP contribution in [0.15, 0.2) is 24.4 Å². The van der Waals surface area contributed by atoms with Gasteiger partial charge in [0, 0.05) is 6.20 Å². The molecule has 1 amide bonds. The van der Waals surface area contributed by atoms with Gasteiger partial charge in [0.15, 0.2) is 0 Å². The second-order valence-electron chi connectivity index (χ2n) is 4.90. The largest absolute Gasteiger partial charge is 0.480 e. The van der Waals surface area contributed by atoms with Gasteiger partial charge in [-0.1, -0.05) is 25.3 Å². The van der Waals surface area contributed by atoms with Crippen molar-refractivity contribution in [2.45, 2.75) is 38.1 Å². The van der Waals surface area contributed by atoms with Crippen molar-refractivity contribution >= 4 is 11.9 Å². The van der Waals surface area contributed by atoms with E-state index >= 15 is 0 Å². The van der Waals surface area contributed by atoms with Crippen LogP contribution < -0.4 is 5.32 Å². The van der Waals surface area contributed by atoms with Crippen molar-refractivity contribution in [2.24, 2.45) is 5.92 Å². The Morgan fingerprint density at radius 1 is 1.26 bits per heavy atom. The van der Waals surface area contributed by atoms with Crippen LogP contribution in [0, 0.1) is 5.92 Å². The maximum absolute atomic E-state index is 12.0. The minimum atomic E-state index is -0.962. The normalized spacial score (nSPS) is 17.7. The van der Waals surface area contributed by atoms with Crippen molar-refractivity contribution in [3.63, 3.8) is 0 Å². The van der Waals surface area contributed by atoms with E-state index < -0.39 is 17.9 Å². The second kappa shape index (κ2) is 6.31. The van der Waals surface area contributed by atoms with E-state index in [1.165, 1.54) is 6.20 Å². The van der Waals surface area contributed by atoms with E-state index in [0.29, 0.717) is 0 Å². The van der Waals surface area contributed by atoms with Crippen LogP contribution in [0.3, 0.4) is 0 Å². The summed E-state index contributed by atoms with van der Waals surface area (Å²) < 4.78 is 0. The van der Waals surface area contributed by atoms with Gasteiger partial charge in [0.05, 0.1) is 0 Å². The molecule has 0 aromatic carbocycles. The Kier molecular flexibility index (Phi) is 4.49. The van der Waals surface area contributed by atoms with Crippen molar-refractivity contribution in [2.75, 3.05) is 0 Å². The Balaban J connectivity index is 2.04. The minimum absolute atomic E-state index is 0.0268. The summed E-state index contributed by atoms with van der Waals surface area (Å²) in [5, 5.41) is 11.9. The lowest BCUT2D eigenvalue weighted by molar-refractivity contribution is -0.141. The standard InChI is InChI=1S/C14H18N2O3/c17-13(11-8-4-5-9-15-11)16-12(14(18)19)10-6-2-1-3-7-10/h4-5,8-10,12H,1-3,6-7H2,(H,16,17)(H,18,19)/t12-/m1/s1. The number of hydrogen-bond donors (Lipinski definition) is 2. The lowest BCUT2D eigenvalue weighted by atomic mass is 9.84. The third-order valence-electron chi connectivity index (χ3n) is 3.57. The number of nitrogens with zero attached hydrogens (tertiary/aromatic N) is 1. The highest BCUT2D eigenvalue weighted by Crippen LogP contribution is 2.26. The average Bonchev–Trinajstić information content (AvgIpc) is 2.46. The molecule has 5 nitrogen and oxygen atoms in total. The Hall–Kier alpha value is -1.91. The quantitative estimate of drug-likeness (QED) is 0.867. The van der Waals surface area contributed by atoms with Gasteiger partial charge >= 0.3 is 5.97 Å². The van der Waals surface area contributed by atoms with Crippen LogP contribution in [0.25, 0.3) is 0 Å². The fourth-order valence-electron chi connectivity index (χ4n) is 2.56. The molecule has 2 rings (SSSR count). The predicted octanol–water partition coefficient (Wildman–Crippen LogP) is 1.84. The highest BCUT2D eigenvalue weighted by Gasteiger charge is 2.31. The van der Waals surface area contributed by atoms with Crippen LogP contribution in [0.4, 0.5) is 0 Å². The molecule has 1 aromatic rings. The first-order valence-corrected chi connectivity index (χ1v) is 6.63. The van der Waals surface area contributed by atoms with Crippen molar-refractivity contribution in [3.8, 4) is 0 Å². The molecule has 0 bridgehead atoms. The van der Waals surface area contributed by atoms with Gasteiger partial charge in [-0.05, 0) is 30.9 Å². The first kappa shape index (κ1) is 13.5. The number of amides is 1. The minimum Gasteiger partial charge on any atom is -0.480 e. The number of hydrogen-bond acceptors (Lipinski definition) is 3. The van der Waals surface area contributed by atoms with E-state index in [-0.39, 0.29) is 11.6 Å². The van der Waals surface area contributed by atoms with Crippen LogP contribution in [0.1, 0.15) is 42.6 Å². The first-order chi connectivity index (χ1) is 9.18. The number of carbonyl (C=O) groups is 2. The molecule has 1 fully saturated rings. The molecular formula is C14H18N2O3. The zero-order valence-electron chi connectivity index (χ0n) is 10.7. The third kappa shape index (κ3) is 3.53. The SMILES string of the molecule is O=C(N[C@@H](C(=O)O)C1CCCCC1)c1ccccn1. The third-order valence-corrected chi connectivity index (χ3v) is 3.57. The highest BCUT2D eigenvalue weighted by atomic mass is 16.4. The summed E-state index contributed by atoms with van der Waals surface area (Å²) in [5.74, 6) is -1.35. The summed E-state index contributed by atoms with van der Waals surface area (Å²) in [6.45, 7) is 0. The zero-order chi connectivity index (χ0) is 13.7. The fourth-order valence-corrected chi connectivity index (χ4v) is 2.56. The molecule has 102 valence electrons.